The molecule has 2 aromatic rings. The van der Waals surface area contributed by atoms with Crippen LogP contribution in [0.25, 0.3) is 11.1 Å². The van der Waals surface area contributed by atoms with Gasteiger partial charge in [0, 0.05) is 24.8 Å². The molecule has 23 heavy (non-hydrogen) atoms. The van der Waals surface area contributed by atoms with Gasteiger partial charge in [0.15, 0.2) is 0 Å². The summed E-state index contributed by atoms with van der Waals surface area (Å²) in [7, 11) is -3.50. The average molecular weight is 334 g/mol. The molecule has 0 spiro atoms. The molecule has 122 valence electrons. The quantitative estimate of drug-likeness (QED) is 0.925. The van der Waals surface area contributed by atoms with Crippen LogP contribution in [0, 0.1) is 6.92 Å². The number of aromatic nitrogens is 1. The number of rotatable bonds is 3. The van der Waals surface area contributed by atoms with Crippen LogP contribution in [-0.4, -0.2) is 49.1 Å². The molecule has 0 radical (unpaired) electrons. The van der Waals surface area contributed by atoms with Crippen molar-refractivity contribution < 1.29 is 18.3 Å². The fourth-order valence-electron chi connectivity index (χ4n) is 2.63. The van der Waals surface area contributed by atoms with E-state index in [9.17, 15) is 13.5 Å². The van der Waals surface area contributed by atoms with E-state index < -0.39 is 10.0 Å². The smallest absolute Gasteiger partial charge is 0.243 e. The average Bonchev–Trinajstić information content (AvgIpc) is 2.55. The standard InChI is InChI=1S/C16H18N2O4S/c1-12-8-15(23(20,21)18-4-6-22-7-5-18)2-3-16(12)13-9-14(19)11-17-10-13/h2-3,8-11,19H,4-7H2,1H3. The molecule has 0 unspecified atom stereocenters. The zero-order chi connectivity index (χ0) is 16.4. The number of morpholine rings is 1. The normalized spacial score (nSPS) is 16.4. The molecule has 1 fully saturated rings. The highest BCUT2D eigenvalue weighted by Crippen LogP contribution is 2.28. The van der Waals surface area contributed by atoms with Gasteiger partial charge in [-0.2, -0.15) is 4.31 Å². The Morgan fingerprint density at radius 3 is 2.57 bits per heavy atom. The first-order chi connectivity index (χ1) is 11.0. The number of ether oxygens (including phenoxy) is 1. The number of benzene rings is 1. The van der Waals surface area contributed by atoms with Crippen molar-refractivity contribution in [3.63, 3.8) is 0 Å². The lowest BCUT2D eigenvalue weighted by Gasteiger charge is -2.26. The number of aryl methyl sites for hydroxylation is 1. The zero-order valence-electron chi connectivity index (χ0n) is 12.8. The van der Waals surface area contributed by atoms with Crippen LogP contribution in [0.4, 0.5) is 0 Å². The molecule has 0 bridgehead atoms. The number of pyridine rings is 1. The third-order valence-corrected chi connectivity index (χ3v) is 5.74. The third kappa shape index (κ3) is 3.21. The summed E-state index contributed by atoms with van der Waals surface area (Å²) < 4.78 is 32.0. The van der Waals surface area contributed by atoms with Crippen molar-refractivity contribution in [3.05, 3.63) is 42.2 Å². The van der Waals surface area contributed by atoms with Gasteiger partial charge in [0.1, 0.15) is 5.75 Å². The van der Waals surface area contributed by atoms with E-state index in [1.807, 2.05) is 6.92 Å². The Balaban J connectivity index is 1.96. The summed E-state index contributed by atoms with van der Waals surface area (Å²) >= 11 is 0. The number of hydrogen-bond acceptors (Lipinski definition) is 5. The number of nitrogens with zero attached hydrogens (tertiary/aromatic N) is 2. The molecule has 3 rings (SSSR count). The fourth-order valence-corrected chi connectivity index (χ4v) is 4.13. The van der Waals surface area contributed by atoms with Crippen LogP contribution in [0.2, 0.25) is 0 Å². The molecular formula is C16H18N2O4S. The minimum atomic E-state index is -3.50. The predicted octanol–water partition coefficient (Wildman–Crippen LogP) is 1.78. The highest BCUT2D eigenvalue weighted by molar-refractivity contribution is 7.89. The van der Waals surface area contributed by atoms with Gasteiger partial charge in [-0.05, 0) is 36.2 Å². The van der Waals surface area contributed by atoms with E-state index in [-0.39, 0.29) is 10.6 Å². The van der Waals surface area contributed by atoms with E-state index in [1.54, 1.807) is 30.5 Å². The van der Waals surface area contributed by atoms with Gasteiger partial charge >= 0.3 is 0 Å². The summed E-state index contributed by atoms with van der Waals surface area (Å²) in [5.41, 5.74) is 2.40. The van der Waals surface area contributed by atoms with Crippen molar-refractivity contribution in [1.82, 2.24) is 9.29 Å². The van der Waals surface area contributed by atoms with E-state index in [1.165, 1.54) is 10.5 Å². The van der Waals surface area contributed by atoms with Crippen LogP contribution in [0.5, 0.6) is 5.75 Å². The molecule has 0 saturated carbocycles. The van der Waals surface area contributed by atoms with Crippen molar-refractivity contribution in [1.29, 1.82) is 0 Å². The maximum Gasteiger partial charge on any atom is 0.243 e. The Morgan fingerprint density at radius 1 is 1.17 bits per heavy atom. The fraction of sp³-hybridized carbons (Fsp3) is 0.312. The van der Waals surface area contributed by atoms with Gasteiger partial charge in [0.25, 0.3) is 0 Å². The Hall–Kier alpha value is -1.96. The first-order valence-corrected chi connectivity index (χ1v) is 8.75. The van der Waals surface area contributed by atoms with Crippen molar-refractivity contribution in [2.45, 2.75) is 11.8 Å². The molecule has 0 amide bonds. The van der Waals surface area contributed by atoms with Gasteiger partial charge in [-0.3, -0.25) is 4.98 Å². The minimum Gasteiger partial charge on any atom is -0.506 e. The van der Waals surface area contributed by atoms with E-state index >= 15 is 0 Å². The Morgan fingerprint density at radius 2 is 1.91 bits per heavy atom. The molecule has 1 saturated heterocycles. The summed E-state index contributed by atoms with van der Waals surface area (Å²) in [5.74, 6) is 0.0758. The zero-order valence-corrected chi connectivity index (χ0v) is 13.6. The van der Waals surface area contributed by atoms with Gasteiger partial charge in [0.2, 0.25) is 10.0 Å². The molecule has 1 N–H and O–H groups in total. The molecule has 0 aliphatic carbocycles. The van der Waals surface area contributed by atoms with Crippen LogP contribution in [0.3, 0.4) is 0 Å². The van der Waals surface area contributed by atoms with Gasteiger partial charge in [-0.15, -0.1) is 0 Å². The third-order valence-electron chi connectivity index (χ3n) is 3.84. The largest absolute Gasteiger partial charge is 0.506 e. The maximum absolute atomic E-state index is 12.7. The molecule has 1 aromatic carbocycles. The second kappa shape index (κ2) is 6.27. The summed E-state index contributed by atoms with van der Waals surface area (Å²) in [5, 5.41) is 9.54. The molecule has 6 nitrogen and oxygen atoms in total. The molecule has 7 heteroatoms. The van der Waals surface area contributed by atoms with E-state index in [2.05, 4.69) is 4.98 Å². The van der Waals surface area contributed by atoms with Crippen LogP contribution in [0.1, 0.15) is 5.56 Å². The highest BCUT2D eigenvalue weighted by atomic mass is 32.2. The molecule has 0 atom stereocenters. The van der Waals surface area contributed by atoms with Gasteiger partial charge in [-0.1, -0.05) is 6.07 Å². The number of hydrogen-bond donors (Lipinski definition) is 1. The monoisotopic (exact) mass is 334 g/mol. The van der Waals surface area contributed by atoms with Crippen LogP contribution in [0.15, 0.2) is 41.6 Å². The number of sulfonamides is 1. The lowest BCUT2D eigenvalue weighted by Crippen LogP contribution is -2.40. The Bertz CT molecular complexity index is 815. The van der Waals surface area contributed by atoms with Crippen LogP contribution in [-0.2, 0) is 14.8 Å². The maximum atomic E-state index is 12.7. The molecule has 1 aliphatic heterocycles. The van der Waals surface area contributed by atoms with E-state index in [0.29, 0.717) is 26.3 Å². The van der Waals surface area contributed by atoms with Crippen LogP contribution < -0.4 is 0 Å². The van der Waals surface area contributed by atoms with E-state index in [0.717, 1.165) is 16.7 Å². The Kier molecular flexibility index (Phi) is 4.34. The predicted molar refractivity (Wildman–Crippen MR) is 85.7 cm³/mol. The van der Waals surface area contributed by atoms with Crippen molar-refractivity contribution in [3.8, 4) is 16.9 Å². The second-order valence-electron chi connectivity index (χ2n) is 5.43. The minimum absolute atomic E-state index is 0.0758. The topological polar surface area (TPSA) is 79.7 Å². The van der Waals surface area contributed by atoms with Gasteiger partial charge < -0.3 is 9.84 Å². The second-order valence-corrected chi connectivity index (χ2v) is 7.36. The Labute approximate surface area is 135 Å². The van der Waals surface area contributed by atoms with E-state index in [4.69, 9.17) is 4.74 Å². The first kappa shape index (κ1) is 15.9. The molecular weight excluding hydrogens is 316 g/mol. The first-order valence-electron chi connectivity index (χ1n) is 7.31. The van der Waals surface area contributed by atoms with Crippen molar-refractivity contribution in [2.75, 3.05) is 26.3 Å². The lowest BCUT2D eigenvalue weighted by atomic mass is 10.0. The van der Waals surface area contributed by atoms with Gasteiger partial charge in [-0.25, -0.2) is 8.42 Å². The molecule has 1 aliphatic rings. The van der Waals surface area contributed by atoms with Crippen molar-refractivity contribution >= 4 is 10.0 Å². The van der Waals surface area contributed by atoms with Gasteiger partial charge in [0.05, 0.1) is 24.3 Å². The lowest BCUT2D eigenvalue weighted by molar-refractivity contribution is 0.0730. The SMILES string of the molecule is Cc1cc(S(=O)(=O)N2CCOCC2)ccc1-c1cncc(O)c1. The van der Waals surface area contributed by atoms with Crippen molar-refractivity contribution in [2.24, 2.45) is 0 Å². The summed E-state index contributed by atoms with van der Waals surface area (Å²) in [6.45, 7) is 3.44. The number of aromatic hydroxyl groups is 1. The summed E-state index contributed by atoms with van der Waals surface area (Å²) in [4.78, 5) is 4.23. The highest BCUT2D eigenvalue weighted by Gasteiger charge is 2.26. The summed E-state index contributed by atoms with van der Waals surface area (Å²) in [6.07, 6.45) is 2.99. The summed E-state index contributed by atoms with van der Waals surface area (Å²) in [6, 6.07) is 6.60. The van der Waals surface area contributed by atoms with Crippen LogP contribution >= 0.6 is 0 Å². The molecule has 1 aromatic heterocycles. The molecule has 2 heterocycles.